The van der Waals surface area contributed by atoms with Crippen molar-refractivity contribution >= 4 is 21.7 Å². The largest absolute Gasteiger partial charge is 0.372 e. The quantitative estimate of drug-likeness (QED) is 0.885. The molecule has 1 N–H and O–H groups in total. The molecule has 0 amide bonds. The molecular formula is C16H20BrN3. The third-order valence-corrected chi connectivity index (χ3v) is 4.15. The Bertz CT molecular complexity index is 616. The summed E-state index contributed by atoms with van der Waals surface area (Å²) in [5.41, 5.74) is 4.55. The van der Waals surface area contributed by atoms with Crippen LogP contribution < -0.4 is 5.32 Å². The second-order valence-electron chi connectivity index (χ2n) is 5.27. The zero-order valence-corrected chi connectivity index (χ0v) is 14.2. The molecule has 2 aromatic rings. The van der Waals surface area contributed by atoms with Crippen LogP contribution in [0.3, 0.4) is 0 Å². The molecule has 106 valence electrons. The summed E-state index contributed by atoms with van der Waals surface area (Å²) in [6.07, 6.45) is 0. The molecular weight excluding hydrogens is 314 g/mol. The highest BCUT2D eigenvalue weighted by Crippen LogP contribution is 2.33. The number of benzene rings is 1. The average Bonchev–Trinajstić information content (AvgIpc) is 2.39. The summed E-state index contributed by atoms with van der Waals surface area (Å²) in [5, 5.41) is 3.14. The van der Waals surface area contributed by atoms with E-state index in [0.717, 1.165) is 27.4 Å². The van der Waals surface area contributed by atoms with Crippen LogP contribution in [-0.4, -0.2) is 17.0 Å². The normalized spacial score (nSPS) is 10.9. The lowest BCUT2D eigenvalue weighted by Crippen LogP contribution is -2.05. The molecule has 0 unspecified atom stereocenters. The van der Waals surface area contributed by atoms with E-state index in [1.165, 1.54) is 11.1 Å². The van der Waals surface area contributed by atoms with Gasteiger partial charge >= 0.3 is 0 Å². The Balaban J connectivity index is 2.72. The molecule has 0 aliphatic heterocycles. The molecule has 20 heavy (non-hydrogen) atoms. The van der Waals surface area contributed by atoms with Gasteiger partial charge in [-0.15, -0.1) is 0 Å². The molecule has 1 heterocycles. The average molecular weight is 334 g/mol. The van der Waals surface area contributed by atoms with Gasteiger partial charge in [0.1, 0.15) is 5.82 Å². The molecule has 0 saturated heterocycles. The van der Waals surface area contributed by atoms with Gasteiger partial charge in [0.25, 0.3) is 0 Å². The highest BCUT2D eigenvalue weighted by atomic mass is 79.9. The third-order valence-electron chi connectivity index (χ3n) is 3.37. The van der Waals surface area contributed by atoms with Crippen LogP contribution in [0.5, 0.6) is 0 Å². The summed E-state index contributed by atoms with van der Waals surface area (Å²) < 4.78 is 0.949. The minimum atomic E-state index is 0.336. The van der Waals surface area contributed by atoms with E-state index < -0.39 is 0 Å². The fourth-order valence-electron chi connectivity index (χ4n) is 2.29. The molecule has 0 aliphatic carbocycles. The minimum absolute atomic E-state index is 0.336. The first kappa shape index (κ1) is 15.0. The van der Waals surface area contributed by atoms with Crippen LogP contribution in [0, 0.1) is 13.8 Å². The maximum atomic E-state index is 4.77. The molecule has 0 aliphatic rings. The van der Waals surface area contributed by atoms with Crippen LogP contribution in [0.2, 0.25) is 0 Å². The SMILES string of the molecule is CNc1nc(-c2c(C)cccc2C)nc(C(C)C)c1Br. The Hall–Kier alpha value is -1.42. The number of nitrogens with zero attached hydrogens (tertiary/aromatic N) is 2. The maximum Gasteiger partial charge on any atom is 0.162 e. The van der Waals surface area contributed by atoms with Crippen LogP contribution in [0.25, 0.3) is 11.4 Å². The number of aromatic nitrogens is 2. The van der Waals surface area contributed by atoms with Crippen LogP contribution in [0.4, 0.5) is 5.82 Å². The molecule has 1 aromatic heterocycles. The lowest BCUT2D eigenvalue weighted by Gasteiger charge is -2.15. The second-order valence-corrected chi connectivity index (χ2v) is 6.06. The summed E-state index contributed by atoms with van der Waals surface area (Å²) >= 11 is 3.60. The molecule has 4 heteroatoms. The molecule has 1 aromatic carbocycles. The maximum absolute atomic E-state index is 4.77. The first-order chi connectivity index (χ1) is 9.45. The number of hydrogen-bond acceptors (Lipinski definition) is 3. The van der Waals surface area contributed by atoms with Crippen molar-refractivity contribution in [1.29, 1.82) is 0 Å². The Kier molecular flexibility index (Phi) is 4.43. The Morgan fingerprint density at radius 1 is 1.10 bits per heavy atom. The molecule has 2 rings (SSSR count). The van der Waals surface area contributed by atoms with Gasteiger partial charge in [0.05, 0.1) is 10.2 Å². The van der Waals surface area contributed by atoms with Gasteiger partial charge in [0, 0.05) is 12.6 Å². The summed E-state index contributed by atoms with van der Waals surface area (Å²) in [6.45, 7) is 8.48. The molecule has 0 radical (unpaired) electrons. The summed E-state index contributed by atoms with van der Waals surface area (Å²) in [7, 11) is 1.88. The zero-order valence-electron chi connectivity index (χ0n) is 12.6. The topological polar surface area (TPSA) is 37.8 Å². The van der Waals surface area contributed by atoms with Gasteiger partial charge < -0.3 is 5.32 Å². The number of anilines is 1. The first-order valence-electron chi connectivity index (χ1n) is 6.77. The van der Waals surface area contributed by atoms with Gasteiger partial charge in [-0.3, -0.25) is 0 Å². The molecule has 0 saturated carbocycles. The Labute approximate surface area is 129 Å². The van der Waals surface area contributed by atoms with Crippen molar-refractivity contribution in [3.8, 4) is 11.4 Å². The number of hydrogen-bond donors (Lipinski definition) is 1. The predicted octanol–water partition coefficient (Wildman–Crippen LogP) is 4.69. The van der Waals surface area contributed by atoms with Gasteiger partial charge in [-0.1, -0.05) is 32.0 Å². The van der Waals surface area contributed by atoms with Crippen molar-refractivity contribution < 1.29 is 0 Å². The van der Waals surface area contributed by atoms with Crippen molar-refractivity contribution in [3.63, 3.8) is 0 Å². The molecule has 0 bridgehead atoms. The van der Waals surface area contributed by atoms with Crippen molar-refractivity contribution in [2.45, 2.75) is 33.6 Å². The van der Waals surface area contributed by atoms with E-state index >= 15 is 0 Å². The van der Waals surface area contributed by atoms with E-state index in [4.69, 9.17) is 4.98 Å². The second kappa shape index (κ2) is 5.92. The van der Waals surface area contributed by atoms with E-state index in [2.05, 4.69) is 72.1 Å². The number of rotatable bonds is 3. The fraction of sp³-hybridized carbons (Fsp3) is 0.375. The lowest BCUT2D eigenvalue weighted by molar-refractivity contribution is 0.810. The van der Waals surface area contributed by atoms with Gasteiger partial charge in [-0.05, 0) is 46.8 Å². The molecule has 0 atom stereocenters. The molecule has 0 spiro atoms. The third kappa shape index (κ3) is 2.70. The first-order valence-corrected chi connectivity index (χ1v) is 7.56. The van der Waals surface area contributed by atoms with Gasteiger partial charge in [0.15, 0.2) is 5.82 Å². The van der Waals surface area contributed by atoms with E-state index in [1.54, 1.807) is 0 Å². The van der Waals surface area contributed by atoms with Crippen molar-refractivity contribution in [2.75, 3.05) is 12.4 Å². The predicted molar refractivity (Wildman–Crippen MR) is 88.3 cm³/mol. The Morgan fingerprint density at radius 3 is 2.20 bits per heavy atom. The number of halogens is 1. The van der Waals surface area contributed by atoms with E-state index in [0.29, 0.717) is 5.92 Å². The van der Waals surface area contributed by atoms with Crippen LogP contribution in [0.15, 0.2) is 22.7 Å². The van der Waals surface area contributed by atoms with Crippen LogP contribution in [0.1, 0.15) is 36.6 Å². The highest BCUT2D eigenvalue weighted by molar-refractivity contribution is 9.10. The summed E-state index contributed by atoms with van der Waals surface area (Å²) in [6, 6.07) is 6.26. The van der Waals surface area contributed by atoms with Crippen molar-refractivity contribution in [1.82, 2.24) is 9.97 Å². The van der Waals surface area contributed by atoms with E-state index in [-0.39, 0.29) is 0 Å². The van der Waals surface area contributed by atoms with Crippen molar-refractivity contribution in [2.24, 2.45) is 0 Å². The van der Waals surface area contributed by atoms with E-state index in [1.807, 2.05) is 7.05 Å². The monoisotopic (exact) mass is 333 g/mol. The van der Waals surface area contributed by atoms with Crippen molar-refractivity contribution in [3.05, 3.63) is 39.5 Å². The van der Waals surface area contributed by atoms with Gasteiger partial charge in [-0.25, -0.2) is 9.97 Å². The standard InChI is InChI=1S/C16H20BrN3/c1-9(2)14-13(17)16(18-5)20-15(19-14)12-10(3)7-6-8-11(12)4/h6-9H,1-5H3,(H,18,19,20). The highest BCUT2D eigenvalue weighted by Gasteiger charge is 2.17. The smallest absolute Gasteiger partial charge is 0.162 e. The number of aryl methyl sites for hydroxylation is 2. The lowest BCUT2D eigenvalue weighted by atomic mass is 10.0. The summed E-state index contributed by atoms with van der Waals surface area (Å²) in [5.74, 6) is 1.96. The minimum Gasteiger partial charge on any atom is -0.372 e. The van der Waals surface area contributed by atoms with Gasteiger partial charge in [0.2, 0.25) is 0 Å². The number of nitrogens with one attached hydrogen (secondary N) is 1. The van der Waals surface area contributed by atoms with Crippen LogP contribution >= 0.6 is 15.9 Å². The fourth-order valence-corrected chi connectivity index (χ4v) is 3.13. The summed E-state index contributed by atoms with van der Waals surface area (Å²) in [4.78, 5) is 9.43. The van der Waals surface area contributed by atoms with E-state index in [9.17, 15) is 0 Å². The van der Waals surface area contributed by atoms with Crippen LogP contribution in [-0.2, 0) is 0 Å². The zero-order chi connectivity index (χ0) is 14.9. The molecule has 0 fully saturated rings. The Morgan fingerprint density at radius 2 is 1.70 bits per heavy atom. The van der Waals surface area contributed by atoms with Gasteiger partial charge in [-0.2, -0.15) is 0 Å². The molecule has 3 nitrogen and oxygen atoms in total.